The lowest BCUT2D eigenvalue weighted by Crippen LogP contribution is -2.50. The van der Waals surface area contributed by atoms with Crippen molar-refractivity contribution in [2.24, 2.45) is 0 Å². The van der Waals surface area contributed by atoms with E-state index in [1.807, 2.05) is 6.92 Å². The number of carbonyl (C=O) groups is 1. The van der Waals surface area contributed by atoms with E-state index < -0.39 is 0 Å². The van der Waals surface area contributed by atoms with E-state index in [9.17, 15) is 9.18 Å². The maximum atomic E-state index is 13.7. The zero-order valence-electron chi connectivity index (χ0n) is 10.2. The van der Waals surface area contributed by atoms with Crippen LogP contribution in [-0.2, 0) is 4.79 Å². The topological polar surface area (TPSA) is 32.3 Å². The summed E-state index contributed by atoms with van der Waals surface area (Å²) in [7, 11) is 1.76. The van der Waals surface area contributed by atoms with E-state index >= 15 is 0 Å². The first-order chi connectivity index (χ1) is 8.13. The molecule has 1 unspecified atom stereocenters. The van der Waals surface area contributed by atoms with Crippen molar-refractivity contribution < 1.29 is 9.18 Å². The average Bonchev–Trinajstić information content (AvgIpc) is 2.33. The molecule has 1 N–H and O–H groups in total. The third kappa shape index (κ3) is 2.31. The van der Waals surface area contributed by atoms with Crippen LogP contribution in [0.4, 0.5) is 10.1 Å². The molecule has 0 aliphatic carbocycles. The molecule has 1 aromatic carbocycles. The minimum absolute atomic E-state index is 0.0387. The lowest BCUT2D eigenvalue weighted by molar-refractivity contribution is -0.121. The molecule has 1 heterocycles. The van der Waals surface area contributed by atoms with Gasteiger partial charge in [-0.1, -0.05) is 6.07 Å². The number of piperidine rings is 1. The number of carbonyl (C=O) groups excluding carboxylic acids is 1. The number of hydrogen-bond acceptors (Lipinski definition) is 2. The molecule has 0 bridgehead atoms. The molecule has 1 fully saturated rings. The maximum absolute atomic E-state index is 13.7. The molecule has 1 aliphatic heterocycles. The highest BCUT2D eigenvalue weighted by molar-refractivity contribution is 5.98. The van der Waals surface area contributed by atoms with Crippen LogP contribution in [0.2, 0.25) is 0 Å². The van der Waals surface area contributed by atoms with Crippen molar-refractivity contribution in [3.8, 4) is 0 Å². The highest BCUT2D eigenvalue weighted by Gasteiger charge is 2.29. The summed E-state index contributed by atoms with van der Waals surface area (Å²) in [5.74, 6) is -0.371. The molecule has 0 saturated carbocycles. The van der Waals surface area contributed by atoms with Gasteiger partial charge in [-0.25, -0.2) is 4.39 Å². The third-order valence-corrected chi connectivity index (χ3v) is 3.18. The van der Waals surface area contributed by atoms with Crippen LogP contribution in [0.1, 0.15) is 18.4 Å². The van der Waals surface area contributed by atoms with E-state index in [1.165, 1.54) is 6.07 Å². The van der Waals surface area contributed by atoms with Crippen molar-refractivity contribution in [3.05, 3.63) is 29.6 Å². The Kier molecular flexibility index (Phi) is 3.43. The summed E-state index contributed by atoms with van der Waals surface area (Å²) in [6.45, 7) is 2.49. The van der Waals surface area contributed by atoms with E-state index in [2.05, 4.69) is 5.32 Å². The van der Waals surface area contributed by atoms with E-state index in [1.54, 1.807) is 24.1 Å². The summed E-state index contributed by atoms with van der Waals surface area (Å²) in [6, 6.07) is 4.67. The Morgan fingerprint density at radius 2 is 2.24 bits per heavy atom. The molecule has 0 spiro atoms. The molecule has 3 nitrogen and oxygen atoms in total. The van der Waals surface area contributed by atoms with Crippen LogP contribution < -0.4 is 10.2 Å². The molecular formula is C13H17FN2O. The Morgan fingerprint density at radius 3 is 2.94 bits per heavy atom. The highest BCUT2D eigenvalue weighted by Crippen LogP contribution is 2.25. The van der Waals surface area contributed by atoms with Crippen molar-refractivity contribution in [3.63, 3.8) is 0 Å². The van der Waals surface area contributed by atoms with Crippen LogP contribution in [0.25, 0.3) is 0 Å². The Balaban J connectivity index is 2.32. The second-order valence-electron chi connectivity index (χ2n) is 4.43. The van der Waals surface area contributed by atoms with Crippen molar-refractivity contribution >= 4 is 11.6 Å². The van der Waals surface area contributed by atoms with Gasteiger partial charge in [-0.3, -0.25) is 4.79 Å². The Hall–Kier alpha value is -1.42. The number of nitrogens with zero attached hydrogens (tertiary/aromatic N) is 1. The van der Waals surface area contributed by atoms with E-state index in [-0.39, 0.29) is 17.8 Å². The fraction of sp³-hybridized carbons (Fsp3) is 0.462. The van der Waals surface area contributed by atoms with Gasteiger partial charge < -0.3 is 10.2 Å². The molecule has 1 amide bonds. The van der Waals surface area contributed by atoms with Gasteiger partial charge in [-0.05, 0) is 44.5 Å². The third-order valence-electron chi connectivity index (χ3n) is 3.18. The Labute approximate surface area is 101 Å². The molecular weight excluding hydrogens is 219 g/mol. The first-order valence-corrected chi connectivity index (χ1v) is 5.88. The lowest BCUT2D eigenvalue weighted by Gasteiger charge is -2.32. The van der Waals surface area contributed by atoms with Gasteiger partial charge >= 0.3 is 0 Å². The van der Waals surface area contributed by atoms with Gasteiger partial charge in [0, 0.05) is 6.54 Å². The second kappa shape index (κ2) is 4.84. The van der Waals surface area contributed by atoms with Crippen LogP contribution in [0.3, 0.4) is 0 Å². The van der Waals surface area contributed by atoms with E-state index in [4.69, 9.17) is 0 Å². The zero-order chi connectivity index (χ0) is 12.4. The zero-order valence-corrected chi connectivity index (χ0v) is 10.2. The van der Waals surface area contributed by atoms with Crippen LogP contribution in [-0.4, -0.2) is 25.5 Å². The van der Waals surface area contributed by atoms with Gasteiger partial charge in [0.15, 0.2) is 0 Å². The quantitative estimate of drug-likeness (QED) is 0.850. The standard InChI is InChI=1S/C13H17FN2O/c1-9-5-6-10(14)12(8-9)16-7-3-4-11(15-2)13(16)17/h5-6,8,11,15H,3-4,7H2,1-2H3. The molecule has 17 heavy (non-hydrogen) atoms. The predicted molar refractivity (Wildman–Crippen MR) is 65.6 cm³/mol. The molecule has 1 aliphatic rings. The van der Waals surface area contributed by atoms with Crippen LogP contribution in [0.15, 0.2) is 18.2 Å². The minimum atomic E-state index is -0.333. The number of rotatable bonds is 2. The van der Waals surface area contributed by atoms with E-state index in [0.29, 0.717) is 12.2 Å². The number of amides is 1. The normalized spacial score (nSPS) is 20.8. The number of anilines is 1. The number of likely N-dealkylation sites (N-methyl/N-ethyl adjacent to an activating group) is 1. The summed E-state index contributed by atoms with van der Waals surface area (Å²) < 4.78 is 13.7. The number of nitrogens with one attached hydrogen (secondary N) is 1. The molecule has 92 valence electrons. The Morgan fingerprint density at radius 1 is 1.47 bits per heavy atom. The van der Waals surface area contributed by atoms with Crippen LogP contribution in [0.5, 0.6) is 0 Å². The van der Waals surface area contributed by atoms with E-state index in [0.717, 1.165) is 18.4 Å². The minimum Gasteiger partial charge on any atom is -0.309 e. The van der Waals surface area contributed by atoms with Gasteiger partial charge in [-0.15, -0.1) is 0 Å². The largest absolute Gasteiger partial charge is 0.309 e. The first kappa shape index (κ1) is 12.0. The SMILES string of the molecule is CNC1CCCN(c2cc(C)ccc2F)C1=O. The molecule has 4 heteroatoms. The highest BCUT2D eigenvalue weighted by atomic mass is 19.1. The monoisotopic (exact) mass is 236 g/mol. The first-order valence-electron chi connectivity index (χ1n) is 5.88. The summed E-state index contributed by atoms with van der Waals surface area (Å²) in [5, 5.41) is 2.97. The van der Waals surface area contributed by atoms with Crippen molar-refractivity contribution in [1.29, 1.82) is 0 Å². The molecule has 0 radical (unpaired) electrons. The van der Waals surface area contributed by atoms with Gasteiger partial charge in [0.1, 0.15) is 5.82 Å². The second-order valence-corrected chi connectivity index (χ2v) is 4.43. The summed E-state index contributed by atoms with van der Waals surface area (Å²) in [4.78, 5) is 13.7. The van der Waals surface area contributed by atoms with Crippen LogP contribution in [0, 0.1) is 12.7 Å². The fourth-order valence-electron chi connectivity index (χ4n) is 2.21. The number of hydrogen-bond donors (Lipinski definition) is 1. The molecule has 1 aromatic rings. The van der Waals surface area contributed by atoms with Crippen molar-refractivity contribution in [1.82, 2.24) is 5.32 Å². The smallest absolute Gasteiger partial charge is 0.244 e. The van der Waals surface area contributed by atoms with Gasteiger partial charge in [0.2, 0.25) is 5.91 Å². The molecule has 0 aromatic heterocycles. The summed E-state index contributed by atoms with van der Waals surface area (Å²) in [5.41, 5.74) is 1.36. The number of aryl methyl sites for hydroxylation is 1. The lowest BCUT2D eigenvalue weighted by atomic mass is 10.0. The van der Waals surface area contributed by atoms with Crippen molar-refractivity contribution in [2.45, 2.75) is 25.8 Å². The Bertz CT molecular complexity index is 433. The summed E-state index contributed by atoms with van der Waals surface area (Å²) in [6.07, 6.45) is 1.71. The van der Waals surface area contributed by atoms with Gasteiger partial charge in [0.05, 0.1) is 11.7 Å². The molecule has 2 rings (SSSR count). The van der Waals surface area contributed by atoms with Crippen LogP contribution >= 0.6 is 0 Å². The molecule has 1 saturated heterocycles. The summed E-state index contributed by atoms with van der Waals surface area (Å²) >= 11 is 0. The van der Waals surface area contributed by atoms with Gasteiger partial charge in [0.25, 0.3) is 0 Å². The number of benzene rings is 1. The maximum Gasteiger partial charge on any atom is 0.244 e. The van der Waals surface area contributed by atoms with Gasteiger partial charge in [-0.2, -0.15) is 0 Å². The number of halogens is 1. The fourth-order valence-corrected chi connectivity index (χ4v) is 2.21. The molecule has 1 atom stereocenters. The van der Waals surface area contributed by atoms with Crippen molar-refractivity contribution in [2.75, 3.05) is 18.5 Å². The average molecular weight is 236 g/mol. The predicted octanol–water partition coefficient (Wildman–Crippen LogP) is 1.85.